The number of anilines is 3. The van der Waals surface area contributed by atoms with Gasteiger partial charge in [-0.05, 0) is 149 Å². The van der Waals surface area contributed by atoms with Gasteiger partial charge < -0.3 is 58.6 Å². The van der Waals surface area contributed by atoms with Gasteiger partial charge >= 0.3 is 12.4 Å². The van der Waals surface area contributed by atoms with Crippen LogP contribution in [-0.4, -0.2) is 138 Å². The lowest BCUT2D eigenvalue weighted by Crippen LogP contribution is -2.63. The number of likely N-dealkylation sites (tertiary alicyclic amines) is 3. The highest BCUT2D eigenvalue weighted by molar-refractivity contribution is 6.32. The average Bonchev–Trinajstić information content (AvgIpc) is 1.52. The number of halogens is 8. The normalized spacial score (nSPS) is 17.3. The van der Waals surface area contributed by atoms with Crippen molar-refractivity contribution in [1.82, 2.24) is 44.0 Å². The Bertz CT molecular complexity index is 4290. The number of hydrogen-bond donors (Lipinski definition) is 6. The second kappa shape index (κ2) is 27.4. The van der Waals surface area contributed by atoms with Crippen molar-refractivity contribution in [2.45, 2.75) is 109 Å². The largest absolute Gasteiger partial charge is 0.492 e. The molecule has 3 spiro atoms. The highest BCUT2D eigenvalue weighted by Crippen LogP contribution is 2.57. The first-order chi connectivity index (χ1) is 46.3. The Morgan fingerprint density at radius 2 is 1.02 bits per heavy atom. The molecule has 0 radical (unpaired) electrons. The Morgan fingerprint density at radius 3 is 1.46 bits per heavy atom. The Hall–Kier alpha value is -10.2. The van der Waals surface area contributed by atoms with Gasteiger partial charge in [0.1, 0.15) is 57.0 Å². The summed E-state index contributed by atoms with van der Waals surface area (Å²) in [4.78, 5) is 77.5. The van der Waals surface area contributed by atoms with Crippen LogP contribution >= 0.6 is 11.6 Å². The minimum absolute atomic E-state index is 0.00987. The van der Waals surface area contributed by atoms with Crippen LogP contribution in [0.1, 0.15) is 133 Å². The van der Waals surface area contributed by atoms with Crippen LogP contribution in [0.2, 0.25) is 5.02 Å². The van der Waals surface area contributed by atoms with Crippen molar-refractivity contribution in [3.63, 3.8) is 0 Å². The van der Waals surface area contributed by atoms with Crippen molar-refractivity contribution in [2.75, 3.05) is 69.7 Å². The van der Waals surface area contributed by atoms with E-state index in [1.54, 1.807) is 46.5 Å². The maximum Gasteiger partial charge on any atom is 0.422 e. The number of amides is 6. The van der Waals surface area contributed by atoms with Crippen LogP contribution in [0.3, 0.4) is 0 Å². The topological polar surface area (TPSA) is 340 Å². The predicted molar refractivity (Wildman–Crippen MR) is 347 cm³/mol. The number of carbonyl (C=O) groups is 6. The van der Waals surface area contributed by atoms with E-state index in [2.05, 4.69) is 50.3 Å². The molecule has 3 saturated heterocycles. The maximum absolute atomic E-state index is 14.0. The third kappa shape index (κ3) is 14.3. The van der Waals surface area contributed by atoms with E-state index >= 15 is 0 Å². The molecule has 6 amide bonds. The summed E-state index contributed by atoms with van der Waals surface area (Å²) in [6.45, 7) is 11.5. The number of ether oxygens (including phenoxy) is 2. The van der Waals surface area contributed by atoms with E-state index in [-0.39, 0.29) is 103 Å². The highest BCUT2D eigenvalue weighted by atomic mass is 35.5. The summed E-state index contributed by atoms with van der Waals surface area (Å²) in [7, 11) is 0. The van der Waals surface area contributed by atoms with Crippen LogP contribution in [-0.2, 0) is 20.6 Å². The van der Waals surface area contributed by atoms with Crippen LogP contribution in [0.25, 0.3) is 33.8 Å². The van der Waals surface area contributed by atoms with Crippen LogP contribution in [0, 0.1) is 45.7 Å². The number of nitrogens with two attached hydrogens (primary N) is 6. The first kappa shape index (κ1) is 70.6. The molecular weight excluding hydrogens is 1310 g/mol. The SMILES string of the molecule is C=CC(=O)N1CCC2(CC(n3nc(-c4ccc(F)c(OCC(F)(F)F)c4)c(C(N)=O)c3N)C2)C1.CC#CC(=O)N1CC2(CC(n3nc(-c4ccc(C(F)(F)F)cc4)c(C(N)=O)c3N)C2)C1.CC#CC(=O)N1CCC2(CC(n3nc(-c4ccc(OCCC)c(Cl)c4)c(C(N)=O)c3N)C2)C1. The second-order valence-electron chi connectivity index (χ2n) is 25.7. The molecular formula is C67H71ClF7N15O8. The maximum atomic E-state index is 14.0. The van der Waals surface area contributed by atoms with Gasteiger partial charge in [0, 0.05) is 61.4 Å². The number of primary amides is 3. The summed E-state index contributed by atoms with van der Waals surface area (Å²) < 4.78 is 105. The summed E-state index contributed by atoms with van der Waals surface area (Å²) in [5.74, 6) is 6.92. The summed E-state index contributed by atoms with van der Waals surface area (Å²) in [5, 5.41) is 14.0. The lowest BCUT2D eigenvalue weighted by atomic mass is 9.60. The molecule has 3 aliphatic carbocycles. The van der Waals surface area contributed by atoms with Crippen molar-refractivity contribution < 1.29 is 69.0 Å². The van der Waals surface area contributed by atoms with Gasteiger partial charge in [-0.3, -0.25) is 28.8 Å². The Labute approximate surface area is 562 Å². The molecule has 98 heavy (non-hydrogen) atoms. The molecule has 0 bridgehead atoms. The number of benzene rings is 3. The minimum Gasteiger partial charge on any atom is -0.492 e. The van der Waals surface area contributed by atoms with Gasteiger partial charge in [-0.15, -0.1) is 0 Å². The standard InChI is InChI=1S/C24H28ClN5O3.C22H23F4N5O3.C21H20F3N5O2/c1-3-5-19(31)29-9-8-24(14-29)12-16(13-24)30-22(26)20(23(27)32)21(28-30)15-6-7-18(17(25)11-15)33-10-4-2;1-2-16(32)30-6-5-21(10-30)8-13(9-21)31-19(27)17(20(28)33)18(29-31)12-3-4-14(23)15(7-12)34-11-22(24,25)26;1-2-3-15(30)28-10-20(11-28)8-14(9-20)29-18(25)16(19(26)31)17(27-29)12-4-6-13(7-5-12)21(22,23)24/h6-7,11,16H,4,8-10,12-14,26H2,1-2H3,(H2,27,32);2-4,7,13H,1,5-6,8-11,27H2,(H2,28,33);4-7,14H,8-11,25H2,1H3,(H2,26,31). The number of rotatable bonds is 15. The zero-order chi connectivity index (χ0) is 71.1. The van der Waals surface area contributed by atoms with Crippen LogP contribution in [0.15, 0.2) is 73.3 Å². The third-order valence-corrected chi connectivity index (χ3v) is 19.1. The van der Waals surface area contributed by atoms with E-state index < -0.39 is 53.8 Å². The second-order valence-corrected chi connectivity index (χ2v) is 26.1. The fraction of sp³-hybridized carbons (Fsp3) is 0.418. The minimum atomic E-state index is -4.65. The van der Waals surface area contributed by atoms with Crippen molar-refractivity contribution in [1.29, 1.82) is 0 Å². The fourth-order valence-electron chi connectivity index (χ4n) is 14.1. The first-order valence-corrected chi connectivity index (χ1v) is 31.6. The molecule has 23 nitrogen and oxygen atoms in total. The summed E-state index contributed by atoms with van der Waals surface area (Å²) in [6.07, 6.45) is -0.823. The zero-order valence-corrected chi connectivity index (χ0v) is 54.3. The molecule has 6 heterocycles. The van der Waals surface area contributed by atoms with Gasteiger partial charge in [0.2, 0.25) is 5.91 Å². The molecule has 3 aromatic heterocycles. The van der Waals surface area contributed by atoms with E-state index in [9.17, 15) is 59.5 Å². The molecule has 3 aromatic carbocycles. The molecule has 6 fully saturated rings. The number of hydrogen-bond acceptors (Lipinski definition) is 14. The van der Waals surface area contributed by atoms with Crippen molar-refractivity contribution in [2.24, 2.45) is 33.4 Å². The van der Waals surface area contributed by atoms with Gasteiger partial charge in [0.05, 0.1) is 35.3 Å². The molecule has 0 atom stereocenters. The number of alkyl halides is 6. The predicted octanol–water partition coefficient (Wildman–Crippen LogP) is 8.74. The molecule has 518 valence electrons. The lowest BCUT2D eigenvalue weighted by Gasteiger charge is -2.58. The van der Waals surface area contributed by atoms with Gasteiger partial charge in [-0.25, -0.2) is 18.4 Å². The van der Waals surface area contributed by atoms with Gasteiger partial charge in [0.15, 0.2) is 18.2 Å². The van der Waals surface area contributed by atoms with Crippen LogP contribution in [0.5, 0.6) is 11.5 Å². The zero-order valence-electron chi connectivity index (χ0n) is 53.6. The fourth-order valence-corrected chi connectivity index (χ4v) is 14.4. The highest BCUT2D eigenvalue weighted by Gasteiger charge is 2.56. The summed E-state index contributed by atoms with van der Waals surface area (Å²) in [5.41, 5.74) is 36.3. The number of aromatic nitrogens is 6. The number of carbonyl (C=O) groups excluding carboxylic acids is 6. The van der Waals surface area contributed by atoms with E-state index in [1.165, 1.54) is 33.6 Å². The van der Waals surface area contributed by atoms with E-state index in [1.807, 2.05) is 11.8 Å². The Balaban J connectivity index is 0.000000159. The number of nitrogen functional groups attached to an aromatic ring is 3. The summed E-state index contributed by atoms with van der Waals surface area (Å²) in [6, 6.07) is 12.6. The van der Waals surface area contributed by atoms with Gasteiger partial charge in [-0.1, -0.05) is 49.1 Å². The molecule has 6 aromatic rings. The molecule has 12 rings (SSSR count). The van der Waals surface area contributed by atoms with Crippen LogP contribution in [0.4, 0.5) is 48.2 Å². The Kier molecular flexibility index (Phi) is 19.7. The van der Waals surface area contributed by atoms with Crippen LogP contribution < -0.4 is 43.9 Å². The molecule has 12 N–H and O–H groups in total. The molecule has 31 heteroatoms. The smallest absolute Gasteiger partial charge is 0.422 e. The van der Waals surface area contributed by atoms with Gasteiger partial charge in [-0.2, -0.15) is 41.6 Å². The lowest BCUT2D eigenvalue weighted by molar-refractivity contribution is -0.153. The van der Waals surface area contributed by atoms with E-state index in [0.29, 0.717) is 99.2 Å². The van der Waals surface area contributed by atoms with Gasteiger partial charge in [0.25, 0.3) is 29.5 Å². The molecule has 6 aliphatic rings. The van der Waals surface area contributed by atoms with Crippen molar-refractivity contribution in [3.05, 3.63) is 106 Å². The molecule has 0 unspecified atom stereocenters. The quantitative estimate of drug-likeness (QED) is 0.0318. The first-order valence-electron chi connectivity index (χ1n) is 31.2. The Morgan fingerprint density at radius 1 is 0.602 bits per heavy atom. The van der Waals surface area contributed by atoms with Crippen molar-refractivity contribution in [3.8, 4) is 69.0 Å². The molecule has 3 aliphatic heterocycles. The average molecular weight is 1380 g/mol. The summed E-state index contributed by atoms with van der Waals surface area (Å²) >= 11 is 6.39. The molecule has 3 saturated carbocycles. The number of nitrogens with zero attached hydrogens (tertiary/aromatic N) is 9. The van der Waals surface area contributed by atoms with E-state index in [4.69, 9.17) is 50.7 Å². The third-order valence-electron chi connectivity index (χ3n) is 18.8. The van der Waals surface area contributed by atoms with Crippen molar-refractivity contribution >= 4 is 64.5 Å². The monoisotopic (exact) mass is 1380 g/mol. The van der Waals surface area contributed by atoms with E-state index in [0.717, 1.165) is 56.4 Å².